The van der Waals surface area contributed by atoms with Gasteiger partial charge in [-0.1, -0.05) is 0 Å². The van der Waals surface area contributed by atoms with Crippen LogP contribution in [0.3, 0.4) is 0 Å². The fraction of sp³-hybridized carbons (Fsp3) is 0.444. The molecular formula is C27H30ClFN4O4. The first kappa shape index (κ1) is 25.6. The van der Waals surface area contributed by atoms with Crippen LogP contribution < -0.4 is 20.1 Å². The number of hydrogen-bond acceptors (Lipinski definition) is 7. The highest BCUT2D eigenvalue weighted by Gasteiger charge is 2.49. The molecule has 0 radical (unpaired) electrons. The number of halogens is 2. The van der Waals surface area contributed by atoms with Gasteiger partial charge in [0.2, 0.25) is 0 Å². The highest BCUT2D eigenvalue weighted by atomic mass is 35.5. The zero-order valence-corrected chi connectivity index (χ0v) is 21.5. The number of aromatic nitrogens is 2. The maximum atomic E-state index is 14.8. The Kier molecular flexibility index (Phi) is 6.95. The Labute approximate surface area is 220 Å². The topological polar surface area (TPSA) is 94.6 Å². The molecule has 37 heavy (non-hydrogen) atoms. The van der Waals surface area contributed by atoms with Crippen molar-refractivity contribution in [2.24, 2.45) is 0 Å². The number of carbonyl (C=O) groups is 1. The summed E-state index contributed by atoms with van der Waals surface area (Å²) in [6.45, 7) is 1.22. The second-order valence-corrected chi connectivity index (χ2v) is 10.1. The quantitative estimate of drug-likeness (QED) is 0.471. The van der Waals surface area contributed by atoms with Gasteiger partial charge in [0.25, 0.3) is 5.91 Å². The summed E-state index contributed by atoms with van der Waals surface area (Å²) >= 11 is 0. The van der Waals surface area contributed by atoms with Crippen LogP contribution in [0.5, 0.6) is 11.5 Å². The summed E-state index contributed by atoms with van der Waals surface area (Å²) in [7, 11) is 1.61. The summed E-state index contributed by atoms with van der Waals surface area (Å²) in [4.78, 5) is 20.4. The number of aryl methyl sites for hydroxylation is 1. The minimum Gasteiger partial charge on any atom is -0.497 e. The number of amides is 1. The van der Waals surface area contributed by atoms with Crippen LogP contribution in [-0.2, 0) is 22.5 Å². The van der Waals surface area contributed by atoms with Crippen LogP contribution in [0, 0.1) is 5.82 Å². The number of methoxy groups -OCH3 is 1. The van der Waals surface area contributed by atoms with Crippen LogP contribution in [0.25, 0.3) is 10.9 Å². The molecule has 1 aliphatic carbocycles. The summed E-state index contributed by atoms with van der Waals surface area (Å²) in [5.41, 5.74) is 1.96. The van der Waals surface area contributed by atoms with Gasteiger partial charge in [0.15, 0.2) is 18.2 Å². The van der Waals surface area contributed by atoms with Gasteiger partial charge < -0.3 is 24.8 Å². The first-order chi connectivity index (χ1) is 17.5. The molecule has 196 valence electrons. The first-order valence-corrected chi connectivity index (χ1v) is 12.4. The third-order valence-electron chi connectivity index (χ3n) is 7.91. The second kappa shape index (κ2) is 10.0. The Morgan fingerprint density at radius 3 is 2.78 bits per heavy atom. The average Bonchev–Trinajstić information content (AvgIpc) is 2.92. The van der Waals surface area contributed by atoms with Gasteiger partial charge in [-0.25, -0.2) is 9.37 Å². The zero-order chi connectivity index (χ0) is 24.8. The number of ether oxygens (including phenoxy) is 3. The highest BCUT2D eigenvalue weighted by Crippen LogP contribution is 2.46. The van der Waals surface area contributed by atoms with Crippen molar-refractivity contribution in [2.75, 3.05) is 25.6 Å². The Morgan fingerprint density at radius 1 is 1.19 bits per heavy atom. The molecule has 2 aromatic heterocycles. The van der Waals surface area contributed by atoms with Crippen molar-refractivity contribution >= 4 is 35.0 Å². The normalized spacial score (nSPS) is 24.1. The molecule has 2 N–H and O–H groups in total. The van der Waals surface area contributed by atoms with Crippen LogP contribution in [0.15, 0.2) is 36.5 Å². The highest BCUT2D eigenvalue weighted by molar-refractivity contribution is 5.94. The fourth-order valence-corrected chi connectivity index (χ4v) is 5.63. The molecule has 1 saturated carbocycles. The SMILES string of the molecule is COc1ccc2ncc(F)c(CCC34CCC(NCc5ccc6c(n5)NC(=O)CO6)(CC3)CO4)c2c1.Cl. The lowest BCUT2D eigenvalue weighted by molar-refractivity contribution is -0.165. The van der Waals surface area contributed by atoms with E-state index < -0.39 is 0 Å². The van der Waals surface area contributed by atoms with E-state index >= 15 is 0 Å². The number of anilines is 1. The zero-order valence-electron chi connectivity index (χ0n) is 20.6. The van der Waals surface area contributed by atoms with E-state index in [2.05, 4.69) is 20.6 Å². The average molecular weight is 529 g/mol. The van der Waals surface area contributed by atoms with Gasteiger partial charge in [0, 0.05) is 17.5 Å². The molecule has 7 rings (SSSR count). The number of carbonyl (C=O) groups excluding carboxylic acids is 1. The second-order valence-electron chi connectivity index (χ2n) is 10.1. The number of pyridine rings is 2. The maximum Gasteiger partial charge on any atom is 0.263 e. The molecule has 10 heteroatoms. The third kappa shape index (κ3) is 4.95. The van der Waals surface area contributed by atoms with Gasteiger partial charge in [-0.2, -0.15) is 0 Å². The molecule has 0 atom stereocenters. The van der Waals surface area contributed by atoms with Crippen LogP contribution in [0.2, 0.25) is 0 Å². The Balaban J connectivity index is 0.00000280. The molecule has 5 heterocycles. The Bertz CT molecular complexity index is 1310. The summed E-state index contributed by atoms with van der Waals surface area (Å²) in [6.07, 6.45) is 6.50. The van der Waals surface area contributed by atoms with Gasteiger partial charge >= 0.3 is 0 Å². The standard InChI is InChI=1S/C27H29FN4O4.ClH/c1-34-18-3-4-22-20(12-18)19(21(28)14-29-22)6-7-27-10-8-26(9-11-27,16-36-27)30-13-17-2-5-23-25(31-17)32-24(33)15-35-23;/h2-5,12,14,30H,6-11,13,15-16H2,1H3,(H,31,32,33);1H. The molecule has 8 nitrogen and oxygen atoms in total. The van der Waals surface area contributed by atoms with E-state index in [0.29, 0.717) is 42.5 Å². The fourth-order valence-electron chi connectivity index (χ4n) is 5.63. The van der Waals surface area contributed by atoms with Crippen molar-refractivity contribution in [3.05, 3.63) is 53.6 Å². The Morgan fingerprint density at radius 2 is 2.03 bits per heavy atom. The van der Waals surface area contributed by atoms with E-state index in [-0.39, 0.29) is 41.9 Å². The van der Waals surface area contributed by atoms with Crippen molar-refractivity contribution in [1.29, 1.82) is 0 Å². The lowest BCUT2D eigenvalue weighted by Crippen LogP contribution is -2.61. The Hall–Kier alpha value is -3.01. The molecule has 0 unspecified atom stereocenters. The molecule has 0 spiro atoms. The molecule has 4 aliphatic rings. The molecule has 3 fully saturated rings. The van der Waals surface area contributed by atoms with Crippen molar-refractivity contribution in [2.45, 2.75) is 56.2 Å². The van der Waals surface area contributed by atoms with E-state index in [1.54, 1.807) is 7.11 Å². The smallest absolute Gasteiger partial charge is 0.263 e. The summed E-state index contributed by atoms with van der Waals surface area (Å²) < 4.78 is 32.0. The number of benzene rings is 1. The van der Waals surface area contributed by atoms with Crippen molar-refractivity contribution < 1.29 is 23.4 Å². The van der Waals surface area contributed by atoms with Crippen LogP contribution in [-0.4, -0.2) is 47.3 Å². The van der Waals surface area contributed by atoms with E-state index in [1.165, 1.54) is 6.20 Å². The van der Waals surface area contributed by atoms with Gasteiger partial charge in [0.1, 0.15) is 11.6 Å². The van der Waals surface area contributed by atoms with Gasteiger partial charge in [0.05, 0.1) is 36.7 Å². The lowest BCUT2D eigenvalue weighted by Gasteiger charge is -2.53. The van der Waals surface area contributed by atoms with E-state index in [4.69, 9.17) is 14.2 Å². The number of nitrogens with one attached hydrogen (secondary N) is 2. The summed E-state index contributed by atoms with van der Waals surface area (Å²) in [6, 6.07) is 9.33. The molecule has 1 amide bonds. The van der Waals surface area contributed by atoms with Crippen LogP contribution in [0.1, 0.15) is 43.4 Å². The third-order valence-corrected chi connectivity index (χ3v) is 7.91. The first-order valence-electron chi connectivity index (χ1n) is 12.4. The molecule has 3 aromatic rings. The minimum absolute atomic E-state index is 0. The van der Waals surface area contributed by atoms with Crippen molar-refractivity contribution in [3.63, 3.8) is 0 Å². The minimum atomic E-state index is -0.283. The summed E-state index contributed by atoms with van der Waals surface area (Å²) in [5, 5.41) is 7.23. The van der Waals surface area contributed by atoms with Gasteiger partial charge in [-0.15, -0.1) is 12.4 Å². The predicted molar refractivity (Wildman–Crippen MR) is 139 cm³/mol. The molecular weight excluding hydrogens is 499 g/mol. The lowest BCUT2D eigenvalue weighted by atomic mass is 9.69. The largest absolute Gasteiger partial charge is 0.497 e. The van der Waals surface area contributed by atoms with E-state index in [1.807, 2.05) is 30.3 Å². The monoisotopic (exact) mass is 528 g/mol. The molecule has 1 aromatic carbocycles. The molecule has 2 bridgehead atoms. The summed E-state index contributed by atoms with van der Waals surface area (Å²) in [5.74, 6) is 1.28. The van der Waals surface area contributed by atoms with E-state index in [9.17, 15) is 9.18 Å². The van der Waals surface area contributed by atoms with Crippen LogP contribution >= 0.6 is 12.4 Å². The molecule has 3 aliphatic heterocycles. The van der Waals surface area contributed by atoms with Gasteiger partial charge in [-0.05, 0) is 74.4 Å². The number of rotatable bonds is 7. The van der Waals surface area contributed by atoms with Crippen molar-refractivity contribution in [1.82, 2.24) is 15.3 Å². The number of fused-ring (bicyclic) bond motifs is 5. The number of nitrogens with zero attached hydrogens (tertiary/aromatic N) is 2. The maximum absolute atomic E-state index is 14.8. The van der Waals surface area contributed by atoms with E-state index in [0.717, 1.165) is 48.7 Å². The number of hydrogen-bond donors (Lipinski definition) is 2. The van der Waals surface area contributed by atoms with Gasteiger partial charge in [-0.3, -0.25) is 9.78 Å². The van der Waals surface area contributed by atoms with Crippen LogP contribution in [0.4, 0.5) is 10.2 Å². The molecule has 2 saturated heterocycles. The predicted octanol–water partition coefficient (Wildman–Crippen LogP) is 4.33. The van der Waals surface area contributed by atoms with Crippen molar-refractivity contribution in [3.8, 4) is 11.5 Å².